The number of nitrogens with zero attached hydrogens (tertiary/aromatic N) is 2. The van der Waals surface area contributed by atoms with Crippen molar-refractivity contribution in [2.45, 2.75) is 13.8 Å². The fraction of sp³-hybridized carbons (Fsp3) is 0.222. The number of oxazole rings is 1. The van der Waals surface area contributed by atoms with Crippen LogP contribution in [0.15, 0.2) is 16.0 Å². The number of rotatable bonds is 2. The maximum absolute atomic E-state index is 11.7. The topological polar surface area (TPSA) is 68.0 Å². The number of carbonyl (C=O) groups is 1. The van der Waals surface area contributed by atoms with Crippen LogP contribution in [0.2, 0.25) is 0 Å². The van der Waals surface area contributed by atoms with E-state index in [4.69, 9.17) is 4.42 Å². The Balaban J connectivity index is 2.18. The van der Waals surface area contributed by atoms with E-state index < -0.39 is 0 Å². The summed E-state index contributed by atoms with van der Waals surface area (Å²) >= 11 is 1.35. The van der Waals surface area contributed by atoms with Crippen molar-refractivity contribution < 1.29 is 9.21 Å². The molecule has 2 aromatic heterocycles. The Bertz CT molecular complexity index is 476. The molecule has 0 fully saturated rings. The van der Waals surface area contributed by atoms with Gasteiger partial charge < -0.3 is 4.42 Å². The summed E-state index contributed by atoms with van der Waals surface area (Å²) in [6.07, 6.45) is 1.62. The maximum Gasteiger partial charge on any atom is 0.295 e. The fourth-order valence-electron chi connectivity index (χ4n) is 1.18. The molecule has 0 spiro atoms. The van der Waals surface area contributed by atoms with Gasteiger partial charge in [0.05, 0.1) is 5.69 Å². The molecule has 1 amide bonds. The van der Waals surface area contributed by atoms with E-state index in [-0.39, 0.29) is 11.7 Å². The van der Waals surface area contributed by atoms with Crippen molar-refractivity contribution in [1.29, 1.82) is 0 Å². The van der Waals surface area contributed by atoms with Crippen LogP contribution < -0.4 is 5.32 Å². The van der Waals surface area contributed by atoms with E-state index >= 15 is 0 Å². The average Bonchev–Trinajstić information content (AvgIpc) is 2.75. The SMILES string of the molecule is Cc1nc(C)c(C(=O)Nc2nccs2)o1. The van der Waals surface area contributed by atoms with Crippen LogP contribution in [0.3, 0.4) is 0 Å². The first-order valence-electron chi connectivity index (χ1n) is 4.31. The summed E-state index contributed by atoms with van der Waals surface area (Å²) in [5.74, 6) is 0.405. The lowest BCUT2D eigenvalue weighted by Gasteiger charge is -1.97. The molecule has 0 aliphatic rings. The number of hydrogen-bond donors (Lipinski definition) is 1. The Morgan fingerprint density at radius 1 is 1.53 bits per heavy atom. The summed E-state index contributed by atoms with van der Waals surface area (Å²) in [6.45, 7) is 3.43. The fourth-order valence-corrected chi connectivity index (χ4v) is 1.70. The third kappa shape index (κ3) is 2.04. The molecule has 0 bridgehead atoms. The second-order valence-corrected chi connectivity index (χ2v) is 3.83. The average molecular weight is 223 g/mol. The molecule has 0 radical (unpaired) electrons. The molecule has 78 valence electrons. The molecule has 0 atom stereocenters. The van der Waals surface area contributed by atoms with Crippen molar-refractivity contribution in [3.63, 3.8) is 0 Å². The molecule has 1 N–H and O–H groups in total. The third-order valence-electron chi connectivity index (χ3n) is 1.76. The number of thiazole rings is 1. The highest BCUT2D eigenvalue weighted by Gasteiger charge is 2.16. The smallest absolute Gasteiger partial charge is 0.295 e. The summed E-state index contributed by atoms with van der Waals surface area (Å²) in [6, 6.07) is 0. The molecular formula is C9H9N3O2S. The molecule has 2 rings (SSSR count). The Morgan fingerprint density at radius 2 is 2.33 bits per heavy atom. The lowest BCUT2D eigenvalue weighted by Crippen LogP contribution is -2.11. The van der Waals surface area contributed by atoms with E-state index in [1.54, 1.807) is 25.4 Å². The Morgan fingerprint density at radius 3 is 2.87 bits per heavy atom. The predicted molar refractivity (Wildman–Crippen MR) is 56.0 cm³/mol. The summed E-state index contributed by atoms with van der Waals surface area (Å²) in [5.41, 5.74) is 0.585. The van der Waals surface area contributed by atoms with E-state index in [1.807, 2.05) is 0 Å². The van der Waals surface area contributed by atoms with Gasteiger partial charge in [0.15, 0.2) is 11.0 Å². The molecule has 0 aliphatic carbocycles. The minimum atomic E-state index is -0.317. The summed E-state index contributed by atoms with van der Waals surface area (Å²) in [7, 11) is 0. The van der Waals surface area contributed by atoms with Crippen LogP contribution in [0.1, 0.15) is 22.1 Å². The highest BCUT2D eigenvalue weighted by atomic mass is 32.1. The van der Waals surface area contributed by atoms with Gasteiger partial charge in [0.2, 0.25) is 5.76 Å². The van der Waals surface area contributed by atoms with Crippen molar-refractivity contribution in [3.05, 3.63) is 28.9 Å². The second-order valence-electron chi connectivity index (χ2n) is 2.94. The van der Waals surface area contributed by atoms with Gasteiger partial charge in [0.25, 0.3) is 5.91 Å². The van der Waals surface area contributed by atoms with Gasteiger partial charge in [0, 0.05) is 18.5 Å². The minimum absolute atomic E-state index is 0.239. The van der Waals surface area contributed by atoms with E-state index in [9.17, 15) is 4.79 Å². The zero-order valence-corrected chi connectivity index (χ0v) is 9.09. The van der Waals surface area contributed by atoms with E-state index in [2.05, 4.69) is 15.3 Å². The number of anilines is 1. The number of amides is 1. The van der Waals surface area contributed by atoms with Gasteiger partial charge in [-0.3, -0.25) is 10.1 Å². The molecule has 6 heteroatoms. The molecule has 0 aliphatic heterocycles. The van der Waals surface area contributed by atoms with Gasteiger partial charge in [-0.1, -0.05) is 0 Å². The quantitative estimate of drug-likeness (QED) is 0.845. The number of hydrogen-bond acceptors (Lipinski definition) is 5. The Hall–Kier alpha value is -1.69. The largest absolute Gasteiger partial charge is 0.436 e. The van der Waals surface area contributed by atoms with Gasteiger partial charge in [-0.25, -0.2) is 9.97 Å². The minimum Gasteiger partial charge on any atom is -0.436 e. The van der Waals surface area contributed by atoms with E-state index in [0.717, 1.165) is 0 Å². The highest BCUT2D eigenvalue weighted by molar-refractivity contribution is 7.13. The zero-order chi connectivity index (χ0) is 10.8. The van der Waals surface area contributed by atoms with Crippen LogP contribution in [0.25, 0.3) is 0 Å². The lowest BCUT2D eigenvalue weighted by molar-refractivity contribution is 0.0994. The van der Waals surface area contributed by atoms with Gasteiger partial charge in [-0.15, -0.1) is 11.3 Å². The summed E-state index contributed by atoms with van der Waals surface area (Å²) in [4.78, 5) is 19.6. The molecule has 0 unspecified atom stereocenters. The number of nitrogens with one attached hydrogen (secondary N) is 1. The van der Waals surface area contributed by atoms with Gasteiger partial charge in [-0.2, -0.15) is 0 Å². The van der Waals surface area contributed by atoms with Gasteiger partial charge in [0.1, 0.15) is 0 Å². The Kier molecular flexibility index (Phi) is 2.51. The van der Waals surface area contributed by atoms with Crippen molar-refractivity contribution in [3.8, 4) is 0 Å². The first kappa shape index (κ1) is 9.85. The van der Waals surface area contributed by atoms with E-state index in [0.29, 0.717) is 16.7 Å². The van der Waals surface area contributed by atoms with Crippen LogP contribution in [-0.2, 0) is 0 Å². The van der Waals surface area contributed by atoms with Crippen LogP contribution in [0.5, 0.6) is 0 Å². The summed E-state index contributed by atoms with van der Waals surface area (Å²) < 4.78 is 5.18. The summed E-state index contributed by atoms with van der Waals surface area (Å²) in [5, 5.41) is 4.96. The van der Waals surface area contributed by atoms with Crippen molar-refractivity contribution in [2.75, 3.05) is 5.32 Å². The molecule has 15 heavy (non-hydrogen) atoms. The number of aromatic nitrogens is 2. The normalized spacial score (nSPS) is 10.3. The van der Waals surface area contributed by atoms with Crippen LogP contribution in [-0.4, -0.2) is 15.9 Å². The van der Waals surface area contributed by atoms with Crippen molar-refractivity contribution in [2.24, 2.45) is 0 Å². The first-order valence-corrected chi connectivity index (χ1v) is 5.19. The molecular weight excluding hydrogens is 214 g/mol. The van der Waals surface area contributed by atoms with E-state index in [1.165, 1.54) is 11.3 Å². The second kappa shape index (κ2) is 3.82. The van der Waals surface area contributed by atoms with Gasteiger partial charge >= 0.3 is 0 Å². The van der Waals surface area contributed by atoms with Crippen molar-refractivity contribution >= 4 is 22.4 Å². The first-order chi connectivity index (χ1) is 7.16. The number of aryl methyl sites for hydroxylation is 2. The van der Waals surface area contributed by atoms with Gasteiger partial charge in [-0.05, 0) is 6.92 Å². The Labute approximate surface area is 90.2 Å². The highest BCUT2D eigenvalue weighted by Crippen LogP contribution is 2.14. The number of carbonyl (C=O) groups excluding carboxylic acids is 1. The van der Waals surface area contributed by atoms with Crippen molar-refractivity contribution in [1.82, 2.24) is 9.97 Å². The van der Waals surface area contributed by atoms with Crippen LogP contribution in [0.4, 0.5) is 5.13 Å². The molecule has 2 aromatic rings. The molecule has 5 nitrogen and oxygen atoms in total. The van der Waals surface area contributed by atoms with Crippen LogP contribution in [0, 0.1) is 13.8 Å². The standard InChI is InChI=1S/C9H9N3O2S/c1-5-7(14-6(2)11-5)8(13)12-9-10-3-4-15-9/h3-4H,1-2H3,(H,10,12,13). The molecule has 0 aromatic carbocycles. The molecule has 0 saturated heterocycles. The molecule has 0 saturated carbocycles. The maximum atomic E-state index is 11.7. The lowest BCUT2D eigenvalue weighted by atomic mass is 10.3. The molecule has 2 heterocycles. The third-order valence-corrected chi connectivity index (χ3v) is 2.45. The van der Waals surface area contributed by atoms with Crippen LogP contribution >= 0.6 is 11.3 Å². The zero-order valence-electron chi connectivity index (χ0n) is 8.27. The monoisotopic (exact) mass is 223 g/mol. The predicted octanol–water partition coefficient (Wildman–Crippen LogP) is 2.00.